The maximum atomic E-state index is 12.1. The molecule has 3 aromatic rings. The van der Waals surface area contributed by atoms with Crippen LogP contribution in [0.25, 0.3) is 0 Å². The molecule has 6 nitrogen and oxygen atoms in total. The molecule has 1 fully saturated rings. The van der Waals surface area contributed by atoms with Gasteiger partial charge in [-0.1, -0.05) is 35.5 Å². The molecule has 122 valence electrons. The number of carbonyl (C=O) groups excluding carboxylic acids is 1. The van der Waals surface area contributed by atoms with E-state index < -0.39 is 0 Å². The zero-order valence-electron chi connectivity index (χ0n) is 12.9. The molecule has 1 aliphatic heterocycles. The van der Waals surface area contributed by atoms with E-state index in [1.165, 1.54) is 11.3 Å². The third-order valence-corrected chi connectivity index (χ3v) is 4.74. The van der Waals surface area contributed by atoms with Crippen LogP contribution < -0.4 is 5.32 Å². The van der Waals surface area contributed by atoms with Crippen molar-refractivity contribution in [2.75, 3.05) is 18.4 Å². The molecule has 3 heterocycles. The zero-order chi connectivity index (χ0) is 16.4. The fourth-order valence-corrected chi connectivity index (χ4v) is 3.23. The number of nitrogens with one attached hydrogen (secondary N) is 1. The molecule has 1 aromatic carbocycles. The van der Waals surface area contributed by atoms with Crippen molar-refractivity contribution in [3.63, 3.8) is 0 Å². The van der Waals surface area contributed by atoms with Gasteiger partial charge in [0.2, 0.25) is 5.89 Å². The van der Waals surface area contributed by atoms with E-state index >= 15 is 0 Å². The summed E-state index contributed by atoms with van der Waals surface area (Å²) in [5, 5.41) is 9.70. The maximum absolute atomic E-state index is 12.1. The molecule has 1 N–H and O–H groups in total. The van der Waals surface area contributed by atoms with Crippen LogP contribution >= 0.6 is 11.3 Å². The van der Waals surface area contributed by atoms with Gasteiger partial charge in [-0.2, -0.15) is 4.98 Å². The van der Waals surface area contributed by atoms with Crippen LogP contribution in [-0.2, 0) is 6.42 Å². The quantitative estimate of drug-likeness (QED) is 0.790. The smallest absolute Gasteiger partial charge is 0.322 e. The summed E-state index contributed by atoms with van der Waals surface area (Å²) in [6.45, 7) is 1.20. The average Bonchev–Trinajstić information content (AvgIpc) is 3.19. The molecule has 0 aliphatic carbocycles. The third-order valence-electron chi connectivity index (χ3n) is 3.96. The van der Waals surface area contributed by atoms with Gasteiger partial charge in [0.15, 0.2) is 5.82 Å². The van der Waals surface area contributed by atoms with Gasteiger partial charge in [0.25, 0.3) is 0 Å². The number of thiophene rings is 1. The summed E-state index contributed by atoms with van der Waals surface area (Å²) in [5.41, 5.74) is 1.15. The van der Waals surface area contributed by atoms with E-state index in [0.29, 0.717) is 31.2 Å². The molecule has 0 saturated carbocycles. The van der Waals surface area contributed by atoms with E-state index in [1.54, 1.807) is 4.90 Å². The Labute approximate surface area is 143 Å². The van der Waals surface area contributed by atoms with Crippen molar-refractivity contribution >= 4 is 22.4 Å². The molecule has 0 bridgehead atoms. The Morgan fingerprint density at radius 2 is 2.08 bits per heavy atom. The zero-order valence-corrected chi connectivity index (χ0v) is 13.7. The summed E-state index contributed by atoms with van der Waals surface area (Å²) < 4.78 is 5.36. The Balaban J connectivity index is 1.31. The molecule has 0 unspecified atom stereocenters. The second-order valence-corrected chi connectivity index (χ2v) is 6.67. The number of likely N-dealkylation sites (tertiary alicyclic amines) is 1. The van der Waals surface area contributed by atoms with Crippen LogP contribution in [0.5, 0.6) is 0 Å². The van der Waals surface area contributed by atoms with Crippen molar-refractivity contribution in [1.82, 2.24) is 15.0 Å². The number of aromatic nitrogens is 2. The predicted molar refractivity (Wildman–Crippen MR) is 91.2 cm³/mol. The van der Waals surface area contributed by atoms with Gasteiger partial charge in [-0.3, -0.25) is 5.32 Å². The summed E-state index contributed by atoms with van der Waals surface area (Å²) in [6, 6.07) is 13.7. The molecule has 0 atom stereocenters. The molecular weight excluding hydrogens is 324 g/mol. The van der Waals surface area contributed by atoms with Gasteiger partial charge in [-0.25, -0.2) is 4.79 Å². The summed E-state index contributed by atoms with van der Waals surface area (Å²) in [5.74, 6) is 1.41. The number of benzene rings is 1. The van der Waals surface area contributed by atoms with Gasteiger partial charge in [-0.05, 0) is 23.1 Å². The molecule has 1 aliphatic rings. The van der Waals surface area contributed by atoms with Gasteiger partial charge in [0.1, 0.15) is 0 Å². The lowest BCUT2D eigenvalue weighted by atomic mass is 10.0. The monoisotopic (exact) mass is 340 g/mol. The minimum absolute atomic E-state index is 0.0854. The largest absolute Gasteiger partial charge is 0.339 e. The van der Waals surface area contributed by atoms with Crippen LogP contribution in [-0.4, -0.2) is 34.2 Å². The van der Waals surface area contributed by atoms with Crippen LogP contribution in [0.3, 0.4) is 0 Å². The first-order valence-corrected chi connectivity index (χ1v) is 8.62. The molecule has 7 heteroatoms. The molecule has 0 spiro atoms. The summed E-state index contributed by atoms with van der Waals surface area (Å²) >= 11 is 1.51. The van der Waals surface area contributed by atoms with Gasteiger partial charge in [-0.15, -0.1) is 11.3 Å². The number of hydrogen-bond acceptors (Lipinski definition) is 5. The fourth-order valence-electron chi connectivity index (χ4n) is 2.62. The molecule has 4 rings (SSSR count). The lowest BCUT2D eigenvalue weighted by molar-refractivity contribution is 0.147. The van der Waals surface area contributed by atoms with Gasteiger partial charge in [0.05, 0.1) is 10.9 Å². The van der Waals surface area contributed by atoms with Crippen molar-refractivity contribution in [2.24, 2.45) is 0 Å². The number of nitrogens with zero attached hydrogens (tertiary/aromatic N) is 3. The van der Waals surface area contributed by atoms with Gasteiger partial charge >= 0.3 is 6.03 Å². The normalized spacial score (nSPS) is 14.4. The van der Waals surface area contributed by atoms with E-state index in [0.717, 1.165) is 10.6 Å². The van der Waals surface area contributed by atoms with Crippen molar-refractivity contribution in [2.45, 2.75) is 12.3 Å². The van der Waals surface area contributed by atoms with Crippen LogP contribution in [0, 0.1) is 0 Å². The lowest BCUT2D eigenvalue weighted by Crippen LogP contribution is -2.50. The predicted octanol–water partition coefficient (Wildman–Crippen LogP) is 3.35. The summed E-state index contributed by atoms with van der Waals surface area (Å²) in [4.78, 5) is 18.3. The standard InChI is InChI=1S/C17H16N4O2S/c22-17(19-15-7-4-8-24-15)21-10-13(11-21)16-18-14(20-23-16)9-12-5-2-1-3-6-12/h1-8,13H,9-11H2,(H,19,22). The van der Waals surface area contributed by atoms with Crippen LogP contribution in [0.15, 0.2) is 52.4 Å². The number of amides is 2. The first-order valence-electron chi connectivity index (χ1n) is 7.74. The van der Waals surface area contributed by atoms with Gasteiger partial charge in [0, 0.05) is 19.5 Å². The number of rotatable bonds is 4. The SMILES string of the molecule is O=C(Nc1cccs1)N1CC(c2nc(Cc3ccccc3)no2)C1. The highest BCUT2D eigenvalue weighted by molar-refractivity contribution is 7.14. The van der Waals surface area contributed by atoms with Crippen molar-refractivity contribution in [3.8, 4) is 0 Å². The first kappa shape index (κ1) is 14.9. The molecular formula is C17H16N4O2S. The van der Waals surface area contributed by atoms with Gasteiger partial charge < -0.3 is 9.42 Å². The Hall–Kier alpha value is -2.67. The highest BCUT2D eigenvalue weighted by atomic mass is 32.1. The Kier molecular flexibility index (Phi) is 4.00. The Morgan fingerprint density at radius 3 is 2.83 bits per heavy atom. The molecule has 24 heavy (non-hydrogen) atoms. The lowest BCUT2D eigenvalue weighted by Gasteiger charge is -2.36. The van der Waals surface area contributed by atoms with Crippen LogP contribution in [0.2, 0.25) is 0 Å². The topological polar surface area (TPSA) is 71.3 Å². The number of carbonyl (C=O) groups is 1. The second-order valence-electron chi connectivity index (χ2n) is 5.72. The molecule has 1 saturated heterocycles. The van der Waals surface area contributed by atoms with Crippen LogP contribution in [0.4, 0.5) is 9.80 Å². The highest BCUT2D eigenvalue weighted by Gasteiger charge is 2.35. The van der Waals surface area contributed by atoms with E-state index in [1.807, 2.05) is 47.8 Å². The minimum atomic E-state index is -0.0854. The summed E-state index contributed by atoms with van der Waals surface area (Å²) in [7, 11) is 0. The summed E-state index contributed by atoms with van der Waals surface area (Å²) in [6.07, 6.45) is 0.652. The van der Waals surface area contributed by atoms with Crippen molar-refractivity contribution in [3.05, 3.63) is 65.1 Å². The van der Waals surface area contributed by atoms with E-state index in [4.69, 9.17) is 4.52 Å². The van der Waals surface area contributed by atoms with E-state index in [-0.39, 0.29) is 11.9 Å². The molecule has 0 radical (unpaired) electrons. The highest BCUT2D eigenvalue weighted by Crippen LogP contribution is 2.27. The Morgan fingerprint density at radius 1 is 1.25 bits per heavy atom. The molecule has 2 aromatic heterocycles. The minimum Gasteiger partial charge on any atom is -0.339 e. The first-order chi connectivity index (χ1) is 11.8. The second kappa shape index (κ2) is 6.45. The van der Waals surface area contributed by atoms with Crippen molar-refractivity contribution in [1.29, 1.82) is 0 Å². The third kappa shape index (κ3) is 3.16. The van der Waals surface area contributed by atoms with E-state index in [9.17, 15) is 4.79 Å². The van der Waals surface area contributed by atoms with Crippen molar-refractivity contribution < 1.29 is 9.32 Å². The average molecular weight is 340 g/mol. The molecule has 2 amide bonds. The number of anilines is 1. The number of hydrogen-bond donors (Lipinski definition) is 1. The number of urea groups is 1. The Bertz CT molecular complexity index is 810. The maximum Gasteiger partial charge on any atom is 0.322 e. The van der Waals surface area contributed by atoms with Crippen LogP contribution in [0.1, 0.15) is 23.2 Å². The van der Waals surface area contributed by atoms with E-state index in [2.05, 4.69) is 15.5 Å². The fraction of sp³-hybridized carbons (Fsp3) is 0.235.